The quantitative estimate of drug-likeness (QED) is 0.137. The SMILES string of the molecule is C=C/C=C(\C=C/C)C1=C2C=CC(=N2)C(/C=C/C=C\C=C/C)=c2ccc3n2[P+](OC)(OC)n2c(ccc21)C(/C=C/C=C\C=C/C)=C1C=CC(=N1)C=3c1ccccc1. The van der Waals surface area contributed by atoms with Crippen LogP contribution in [0.2, 0.25) is 0 Å². The third-order valence-electron chi connectivity index (χ3n) is 9.67. The van der Waals surface area contributed by atoms with Crippen molar-refractivity contribution in [3.05, 3.63) is 227 Å². The van der Waals surface area contributed by atoms with E-state index in [4.69, 9.17) is 19.0 Å². The highest BCUT2D eigenvalue weighted by molar-refractivity contribution is 7.63. The van der Waals surface area contributed by atoms with Gasteiger partial charge in [-0.05, 0) is 80.5 Å². The van der Waals surface area contributed by atoms with Gasteiger partial charge in [0.15, 0.2) is 0 Å². The lowest BCUT2D eigenvalue weighted by Crippen LogP contribution is -2.37. The summed E-state index contributed by atoms with van der Waals surface area (Å²) in [5, 5.41) is 1.81. The molecule has 6 bridgehead atoms. The molecule has 0 saturated carbocycles. The molecule has 278 valence electrons. The van der Waals surface area contributed by atoms with Crippen LogP contribution in [0.3, 0.4) is 0 Å². The first-order valence-electron chi connectivity index (χ1n) is 18.7. The molecule has 1 aromatic carbocycles. The molecule has 4 aliphatic heterocycles. The van der Waals surface area contributed by atoms with Gasteiger partial charge in [0.1, 0.15) is 0 Å². The summed E-state index contributed by atoms with van der Waals surface area (Å²) in [5.41, 5.74) is 10.8. The number of fused-ring (bicyclic) bond motifs is 2. The highest BCUT2D eigenvalue weighted by atomic mass is 31.2. The van der Waals surface area contributed by atoms with Crippen LogP contribution >= 0.6 is 8.02 Å². The van der Waals surface area contributed by atoms with Gasteiger partial charge in [-0.2, -0.15) is 9.05 Å². The molecule has 2 aromatic heterocycles. The number of aliphatic imine (C=N–C) groups is 2. The summed E-state index contributed by atoms with van der Waals surface area (Å²) in [6, 6.07) is 19.1. The topological polar surface area (TPSA) is 53.0 Å². The Hall–Kier alpha value is -6.17. The van der Waals surface area contributed by atoms with Gasteiger partial charge in [-0.3, -0.25) is 0 Å². The van der Waals surface area contributed by atoms with Crippen molar-refractivity contribution in [2.75, 3.05) is 14.2 Å². The molecule has 7 heteroatoms. The Bertz CT molecular complexity index is 2630. The van der Waals surface area contributed by atoms with Crippen molar-refractivity contribution >= 4 is 41.7 Å². The van der Waals surface area contributed by atoms with Gasteiger partial charge < -0.3 is 0 Å². The van der Waals surface area contributed by atoms with Crippen LogP contribution in [0.1, 0.15) is 37.7 Å². The van der Waals surface area contributed by atoms with Gasteiger partial charge in [-0.25, -0.2) is 9.98 Å². The Labute approximate surface area is 330 Å². The number of benzene rings is 1. The highest BCUT2D eigenvalue weighted by Gasteiger charge is 2.53. The minimum atomic E-state index is -3.39. The zero-order valence-corrected chi connectivity index (χ0v) is 33.4. The predicted molar refractivity (Wildman–Crippen MR) is 238 cm³/mol. The second kappa shape index (κ2) is 17.1. The number of hydrogen-bond donors (Lipinski definition) is 0. The van der Waals surface area contributed by atoms with Crippen LogP contribution in [0, 0.1) is 0 Å². The first kappa shape index (κ1) is 38.1. The normalized spacial score (nSPS) is 17.9. The van der Waals surface area contributed by atoms with Gasteiger partial charge in [-0.1, -0.05) is 134 Å². The summed E-state index contributed by atoms with van der Waals surface area (Å²) in [6.45, 7) is 10.1. The standard InChI is InChI=1S/C49H46N4O2P/c1-7-11-13-15-20-26-38-40-28-30-42(50-40)48(36(22-9-3)23-10-4)46-34-32-44-39(27-21-16-14-12-8-2)41-29-31-43(51-41)49(37-24-18-17-19-25-37)47-35-33-45(38)53(47)56(54-5,55-6)52(44)46/h7-35H,3H2,1-2,4-6H3/q+1/b11-7-,12-8-,15-13-,16-14-,23-10-,26-20+,27-21+,36-22+,40-38?,41-39?,44-39?,45-38?,48-42?,48-46?,49-43?,49-47?. The third kappa shape index (κ3) is 6.84. The van der Waals surface area contributed by atoms with E-state index >= 15 is 0 Å². The van der Waals surface area contributed by atoms with Crippen molar-refractivity contribution in [3.8, 4) is 0 Å². The first-order valence-corrected chi connectivity index (χ1v) is 20.2. The summed E-state index contributed by atoms with van der Waals surface area (Å²) in [6.07, 6.45) is 40.9. The van der Waals surface area contributed by atoms with E-state index in [2.05, 4.69) is 118 Å². The average Bonchev–Trinajstić information content (AvgIpc) is 4.05. The predicted octanol–water partition coefficient (Wildman–Crippen LogP) is 10.5. The average molecular weight is 754 g/mol. The highest BCUT2D eigenvalue weighted by Crippen LogP contribution is 2.64. The molecule has 56 heavy (non-hydrogen) atoms. The second-order valence-electron chi connectivity index (χ2n) is 13.0. The Morgan fingerprint density at radius 3 is 1.93 bits per heavy atom. The molecule has 0 unspecified atom stereocenters. The fraction of sp³-hybridized carbons (Fsp3) is 0.102. The lowest BCUT2D eigenvalue weighted by Gasteiger charge is -2.28. The molecule has 0 amide bonds. The molecular formula is C49H46N4O2P+. The van der Waals surface area contributed by atoms with E-state index in [0.717, 1.165) is 78.3 Å². The van der Waals surface area contributed by atoms with E-state index in [9.17, 15) is 0 Å². The monoisotopic (exact) mass is 753 g/mol. The minimum Gasteiger partial charge on any atom is -0.248 e. The minimum absolute atomic E-state index is 0.821. The van der Waals surface area contributed by atoms with E-state index < -0.39 is 8.02 Å². The lowest BCUT2D eigenvalue weighted by atomic mass is 9.99. The van der Waals surface area contributed by atoms with Gasteiger partial charge in [0.25, 0.3) is 0 Å². The fourth-order valence-corrected chi connectivity index (χ4v) is 10.1. The molecule has 6 heterocycles. The molecule has 0 radical (unpaired) electrons. The summed E-state index contributed by atoms with van der Waals surface area (Å²) in [5.74, 6) is 0. The Kier molecular flexibility index (Phi) is 11.6. The van der Waals surface area contributed by atoms with E-state index in [-0.39, 0.29) is 0 Å². The van der Waals surface area contributed by atoms with Crippen molar-refractivity contribution in [1.29, 1.82) is 0 Å². The van der Waals surface area contributed by atoms with Crippen LogP contribution in [0.15, 0.2) is 210 Å². The number of rotatable bonds is 12. The van der Waals surface area contributed by atoms with Crippen LogP contribution in [-0.2, 0) is 9.05 Å². The summed E-state index contributed by atoms with van der Waals surface area (Å²) >= 11 is 0. The second-order valence-corrected chi connectivity index (χ2v) is 15.5. The van der Waals surface area contributed by atoms with Crippen molar-refractivity contribution in [1.82, 2.24) is 8.68 Å². The maximum absolute atomic E-state index is 6.98. The van der Waals surface area contributed by atoms with Crippen LogP contribution < -0.4 is 10.7 Å². The maximum Gasteiger partial charge on any atom is 0.496 e. The van der Waals surface area contributed by atoms with Crippen LogP contribution in [-0.4, -0.2) is 34.3 Å². The number of aromatic nitrogens is 2. The van der Waals surface area contributed by atoms with Crippen molar-refractivity contribution in [3.63, 3.8) is 0 Å². The van der Waals surface area contributed by atoms with Crippen molar-refractivity contribution < 1.29 is 9.05 Å². The largest absolute Gasteiger partial charge is 0.496 e. The van der Waals surface area contributed by atoms with Gasteiger partial charge in [0.05, 0.1) is 59.1 Å². The van der Waals surface area contributed by atoms with Crippen LogP contribution in [0.4, 0.5) is 0 Å². The van der Waals surface area contributed by atoms with Gasteiger partial charge in [-0.15, -0.1) is 8.68 Å². The molecule has 0 N–H and O–H groups in total. The lowest BCUT2D eigenvalue weighted by molar-refractivity contribution is 0.295. The molecule has 4 aliphatic rings. The van der Waals surface area contributed by atoms with E-state index in [1.807, 2.05) is 93.7 Å². The van der Waals surface area contributed by atoms with Crippen LogP contribution in [0.25, 0.3) is 22.3 Å². The van der Waals surface area contributed by atoms with Gasteiger partial charge in [0.2, 0.25) is 0 Å². The zero-order chi connectivity index (χ0) is 39.1. The molecule has 7 rings (SSSR count). The molecule has 6 nitrogen and oxygen atoms in total. The van der Waals surface area contributed by atoms with E-state index in [0.29, 0.717) is 0 Å². The molecule has 0 atom stereocenters. The Morgan fingerprint density at radius 2 is 1.25 bits per heavy atom. The van der Waals surface area contributed by atoms with Crippen molar-refractivity contribution in [2.24, 2.45) is 9.98 Å². The van der Waals surface area contributed by atoms with Crippen LogP contribution in [0.5, 0.6) is 0 Å². The molecule has 0 aliphatic carbocycles. The van der Waals surface area contributed by atoms with E-state index in [1.165, 1.54) is 0 Å². The summed E-state index contributed by atoms with van der Waals surface area (Å²) in [4.78, 5) is 10.8. The fourth-order valence-electron chi connectivity index (χ4n) is 7.36. The Balaban J connectivity index is 1.77. The molecule has 0 saturated heterocycles. The van der Waals surface area contributed by atoms with Crippen molar-refractivity contribution in [2.45, 2.75) is 20.8 Å². The molecule has 3 aromatic rings. The number of hydrogen-bond acceptors (Lipinski definition) is 4. The molecule has 0 spiro atoms. The zero-order valence-electron chi connectivity index (χ0n) is 32.5. The summed E-state index contributed by atoms with van der Waals surface area (Å²) < 4.78 is 18.5. The number of allylic oxidation sites excluding steroid dienone is 23. The third-order valence-corrected chi connectivity index (χ3v) is 12.5. The Morgan fingerprint density at radius 1 is 0.625 bits per heavy atom. The first-order chi connectivity index (χ1) is 27.5. The van der Waals surface area contributed by atoms with E-state index in [1.54, 1.807) is 14.2 Å². The molecular weight excluding hydrogens is 708 g/mol. The number of nitrogens with zero attached hydrogens (tertiary/aromatic N) is 4. The summed E-state index contributed by atoms with van der Waals surface area (Å²) in [7, 11) is 0.123. The molecule has 0 fully saturated rings. The smallest absolute Gasteiger partial charge is 0.248 e. The maximum atomic E-state index is 6.98. The van der Waals surface area contributed by atoms with Gasteiger partial charge >= 0.3 is 8.02 Å². The van der Waals surface area contributed by atoms with Gasteiger partial charge in [0, 0.05) is 22.3 Å².